The summed E-state index contributed by atoms with van der Waals surface area (Å²) in [5.41, 5.74) is 1.92. The first kappa shape index (κ1) is 17.5. The molecule has 0 aliphatic rings. The molecule has 0 amide bonds. The highest BCUT2D eigenvalue weighted by Crippen LogP contribution is 2.20. The number of para-hydroxylation sites is 2. The second-order valence-corrected chi connectivity index (χ2v) is 7.25. The van der Waals surface area contributed by atoms with Gasteiger partial charge in [-0.2, -0.15) is 0 Å². The van der Waals surface area contributed by atoms with Crippen LogP contribution in [-0.2, 0) is 0 Å². The predicted octanol–water partition coefficient (Wildman–Crippen LogP) is 4.87. The van der Waals surface area contributed by atoms with Gasteiger partial charge in [0.2, 0.25) is 0 Å². The van der Waals surface area contributed by atoms with E-state index < -0.39 is 0 Å². The Labute approximate surface area is 169 Å². The summed E-state index contributed by atoms with van der Waals surface area (Å²) < 4.78 is 2.57. The molecular weight excluding hydrogens is 451 g/mol. The molecule has 4 aromatic rings. The van der Waals surface area contributed by atoms with Crippen molar-refractivity contribution in [3.8, 4) is 11.4 Å². The molecule has 4 rings (SSSR count). The highest BCUT2D eigenvalue weighted by atomic mass is 127. The Morgan fingerprint density at radius 3 is 2.44 bits per heavy atom. The van der Waals surface area contributed by atoms with Crippen LogP contribution in [0.2, 0.25) is 0 Å². The van der Waals surface area contributed by atoms with Gasteiger partial charge in [-0.3, -0.25) is 9.36 Å². The number of hydrogen-bond acceptors (Lipinski definition) is 3. The van der Waals surface area contributed by atoms with Gasteiger partial charge in [0.1, 0.15) is 11.6 Å². The average molecular weight is 466 g/mol. The molecule has 0 saturated carbocycles. The second-order valence-electron chi connectivity index (χ2n) is 6.00. The Hall–Kier alpha value is -2.93. The molecule has 0 unspecified atom stereocenters. The lowest BCUT2D eigenvalue weighted by Gasteiger charge is -2.11. The zero-order valence-electron chi connectivity index (χ0n) is 14.2. The number of rotatable bonds is 3. The number of benzene rings is 3. The topological polar surface area (TPSA) is 55.1 Å². The fourth-order valence-corrected chi connectivity index (χ4v) is 3.40. The fourth-order valence-electron chi connectivity index (χ4n) is 2.91. The number of nitrogens with zero attached hydrogens (tertiary/aromatic N) is 2. The van der Waals surface area contributed by atoms with Crippen molar-refractivity contribution in [3.63, 3.8) is 0 Å². The monoisotopic (exact) mass is 466 g/mol. The Balaban J connectivity index is 1.97. The van der Waals surface area contributed by atoms with Crippen LogP contribution in [0.4, 0.5) is 0 Å². The standard InChI is InChI=1S/C22H15IN2O2/c23-16-11-12-19-18(14-16)22(27)25(17-7-2-1-3-8-17)21(24-19)13-10-15-6-4-5-9-20(15)26/h1-14,26H/b13-10+. The van der Waals surface area contributed by atoms with Crippen molar-refractivity contribution in [2.45, 2.75) is 0 Å². The predicted molar refractivity (Wildman–Crippen MR) is 117 cm³/mol. The van der Waals surface area contributed by atoms with Crippen LogP contribution in [0, 0.1) is 3.57 Å². The number of phenolic OH excluding ortho intramolecular Hbond substituents is 1. The molecule has 0 fully saturated rings. The Morgan fingerprint density at radius 2 is 1.67 bits per heavy atom. The molecule has 0 aliphatic heterocycles. The number of aromatic hydroxyl groups is 1. The van der Waals surface area contributed by atoms with Gasteiger partial charge in [0.05, 0.1) is 16.6 Å². The average Bonchev–Trinajstić information content (AvgIpc) is 2.69. The third-order valence-corrected chi connectivity index (χ3v) is 4.89. The van der Waals surface area contributed by atoms with E-state index in [0.29, 0.717) is 22.3 Å². The molecule has 5 heteroatoms. The SMILES string of the molecule is O=c1c2cc(I)ccc2nc(/C=C/c2ccccc2O)n1-c1ccccc1. The number of phenols is 1. The van der Waals surface area contributed by atoms with Gasteiger partial charge in [-0.1, -0.05) is 36.4 Å². The number of aromatic nitrogens is 2. The molecule has 4 nitrogen and oxygen atoms in total. The van der Waals surface area contributed by atoms with E-state index in [1.807, 2.05) is 54.6 Å². The third-order valence-electron chi connectivity index (χ3n) is 4.22. The minimum atomic E-state index is -0.123. The van der Waals surface area contributed by atoms with E-state index in [0.717, 1.165) is 9.26 Å². The lowest BCUT2D eigenvalue weighted by Crippen LogP contribution is -2.22. The Kier molecular flexibility index (Phi) is 4.77. The quantitative estimate of drug-likeness (QED) is 0.439. The van der Waals surface area contributed by atoms with Gasteiger partial charge in [-0.05, 0) is 71.1 Å². The molecule has 27 heavy (non-hydrogen) atoms. The molecule has 132 valence electrons. The van der Waals surface area contributed by atoms with Crippen molar-refractivity contribution in [2.75, 3.05) is 0 Å². The van der Waals surface area contributed by atoms with E-state index in [4.69, 9.17) is 0 Å². The second kappa shape index (κ2) is 7.36. The van der Waals surface area contributed by atoms with Crippen LogP contribution in [0.15, 0.2) is 77.6 Å². The zero-order chi connectivity index (χ0) is 18.8. The maximum absolute atomic E-state index is 13.2. The molecule has 0 bridgehead atoms. The Bertz CT molecular complexity index is 1210. The van der Waals surface area contributed by atoms with Gasteiger partial charge in [-0.25, -0.2) is 4.98 Å². The highest BCUT2D eigenvalue weighted by molar-refractivity contribution is 14.1. The summed E-state index contributed by atoms with van der Waals surface area (Å²) in [5, 5.41) is 10.6. The van der Waals surface area contributed by atoms with Crippen molar-refractivity contribution in [1.82, 2.24) is 9.55 Å². The third kappa shape index (κ3) is 3.50. The van der Waals surface area contributed by atoms with Gasteiger partial charge in [0.15, 0.2) is 0 Å². The molecule has 0 saturated heterocycles. The molecule has 1 N–H and O–H groups in total. The van der Waals surface area contributed by atoms with E-state index in [1.165, 1.54) is 0 Å². The number of halogens is 1. The van der Waals surface area contributed by atoms with Gasteiger partial charge >= 0.3 is 0 Å². The molecule has 1 aromatic heterocycles. The van der Waals surface area contributed by atoms with E-state index >= 15 is 0 Å². The first-order valence-electron chi connectivity index (χ1n) is 8.37. The molecular formula is C22H15IN2O2. The van der Waals surface area contributed by atoms with Crippen LogP contribution in [-0.4, -0.2) is 14.7 Å². The zero-order valence-corrected chi connectivity index (χ0v) is 16.4. The minimum Gasteiger partial charge on any atom is -0.507 e. The largest absolute Gasteiger partial charge is 0.507 e. The first-order chi connectivity index (χ1) is 13.1. The van der Waals surface area contributed by atoms with Gasteiger partial charge in [-0.15, -0.1) is 0 Å². The summed E-state index contributed by atoms with van der Waals surface area (Å²) in [5.74, 6) is 0.681. The van der Waals surface area contributed by atoms with Crippen LogP contribution in [0.3, 0.4) is 0 Å². The van der Waals surface area contributed by atoms with Crippen molar-refractivity contribution < 1.29 is 5.11 Å². The van der Waals surface area contributed by atoms with E-state index in [-0.39, 0.29) is 11.3 Å². The van der Waals surface area contributed by atoms with Crippen molar-refractivity contribution in [1.29, 1.82) is 0 Å². The summed E-state index contributed by atoms with van der Waals surface area (Å²) in [7, 11) is 0. The molecule has 0 atom stereocenters. The smallest absolute Gasteiger partial charge is 0.266 e. The van der Waals surface area contributed by atoms with Crippen molar-refractivity contribution in [3.05, 3.63) is 98.1 Å². The molecule has 0 spiro atoms. The first-order valence-corrected chi connectivity index (χ1v) is 9.45. The van der Waals surface area contributed by atoms with Crippen LogP contribution < -0.4 is 5.56 Å². The van der Waals surface area contributed by atoms with E-state index in [9.17, 15) is 9.90 Å². The normalized spacial score (nSPS) is 11.3. The molecule has 1 heterocycles. The maximum Gasteiger partial charge on any atom is 0.266 e. The summed E-state index contributed by atoms with van der Waals surface area (Å²) >= 11 is 2.19. The fraction of sp³-hybridized carbons (Fsp3) is 0. The van der Waals surface area contributed by atoms with Crippen molar-refractivity contribution >= 4 is 45.6 Å². The van der Waals surface area contributed by atoms with Crippen LogP contribution in [0.5, 0.6) is 5.75 Å². The lowest BCUT2D eigenvalue weighted by atomic mass is 10.2. The molecule has 3 aromatic carbocycles. The lowest BCUT2D eigenvalue weighted by molar-refractivity contribution is 0.474. The molecule has 0 aliphatic carbocycles. The molecule has 0 radical (unpaired) electrons. The minimum absolute atomic E-state index is 0.123. The Morgan fingerprint density at radius 1 is 0.926 bits per heavy atom. The summed E-state index contributed by atoms with van der Waals surface area (Å²) in [4.78, 5) is 17.9. The van der Waals surface area contributed by atoms with Crippen LogP contribution >= 0.6 is 22.6 Å². The van der Waals surface area contributed by atoms with Gasteiger partial charge in [0.25, 0.3) is 5.56 Å². The van der Waals surface area contributed by atoms with E-state index in [1.54, 1.807) is 34.9 Å². The number of hydrogen-bond donors (Lipinski definition) is 1. The van der Waals surface area contributed by atoms with E-state index in [2.05, 4.69) is 27.6 Å². The van der Waals surface area contributed by atoms with Crippen LogP contribution in [0.25, 0.3) is 28.7 Å². The van der Waals surface area contributed by atoms with Gasteiger partial charge in [0, 0.05) is 9.13 Å². The van der Waals surface area contributed by atoms with Gasteiger partial charge < -0.3 is 5.11 Å². The maximum atomic E-state index is 13.2. The summed E-state index contributed by atoms with van der Waals surface area (Å²) in [6.07, 6.45) is 3.51. The van der Waals surface area contributed by atoms with Crippen LogP contribution in [0.1, 0.15) is 11.4 Å². The highest BCUT2D eigenvalue weighted by Gasteiger charge is 2.11. The van der Waals surface area contributed by atoms with Crippen molar-refractivity contribution in [2.24, 2.45) is 0 Å². The summed E-state index contributed by atoms with van der Waals surface area (Å²) in [6, 6.07) is 22.1. The summed E-state index contributed by atoms with van der Waals surface area (Å²) in [6.45, 7) is 0. The number of fused-ring (bicyclic) bond motifs is 1.